The van der Waals surface area contributed by atoms with Gasteiger partial charge in [0.25, 0.3) is 5.91 Å². The Balaban J connectivity index is 1.44. The molecule has 8 heteroatoms. The zero-order chi connectivity index (χ0) is 19.7. The summed E-state index contributed by atoms with van der Waals surface area (Å²) in [5.41, 5.74) is 2.41. The van der Waals surface area contributed by atoms with Crippen molar-refractivity contribution in [3.05, 3.63) is 59.3 Å². The molecule has 2 aliphatic rings. The second-order valence-electron chi connectivity index (χ2n) is 6.41. The molecule has 1 saturated heterocycles. The van der Waals surface area contributed by atoms with Gasteiger partial charge >= 0.3 is 6.03 Å². The molecule has 8 nitrogen and oxygen atoms in total. The number of fused-ring (bicyclic) bond motifs is 1. The highest BCUT2D eigenvalue weighted by Gasteiger charge is 2.35. The number of ether oxygens (including phenoxy) is 2. The molecule has 0 atom stereocenters. The summed E-state index contributed by atoms with van der Waals surface area (Å²) in [5, 5.41) is 5.16. The smallest absolute Gasteiger partial charge is 0.329 e. The van der Waals surface area contributed by atoms with E-state index in [1.165, 1.54) is 6.08 Å². The van der Waals surface area contributed by atoms with Gasteiger partial charge in [-0.1, -0.05) is 23.8 Å². The maximum atomic E-state index is 12.5. The van der Waals surface area contributed by atoms with Crippen LogP contribution >= 0.6 is 0 Å². The number of carbonyl (C=O) groups excluding carboxylic acids is 3. The highest BCUT2D eigenvalue weighted by Crippen LogP contribution is 2.33. The Morgan fingerprint density at radius 1 is 1.14 bits per heavy atom. The van der Waals surface area contributed by atoms with E-state index >= 15 is 0 Å². The van der Waals surface area contributed by atoms with Crippen LogP contribution in [0.2, 0.25) is 0 Å². The fraction of sp³-hybridized carbons (Fsp3) is 0.150. The molecule has 2 aromatic rings. The number of nitrogens with zero attached hydrogens (tertiary/aromatic N) is 1. The van der Waals surface area contributed by atoms with Crippen molar-refractivity contribution in [1.82, 2.24) is 10.2 Å². The number of rotatable bonds is 4. The largest absolute Gasteiger partial charge is 0.454 e. The van der Waals surface area contributed by atoms with Crippen LogP contribution in [0.5, 0.6) is 11.5 Å². The second-order valence-corrected chi connectivity index (χ2v) is 6.41. The van der Waals surface area contributed by atoms with Crippen molar-refractivity contribution in [2.45, 2.75) is 6.92 Å². The number of carbonyl (C=O) groups is 3. The first kappa shape index (κ1) is 17.6. The summed E-state index contributed by atoms with van der Waals surface area (Å²) in [7, 11) is 0. The van der Waals surface area contributed by atoms with Crippen LogP contribution in [0.1, 0.15) is 11.1 Å². The Kier molecular flexibility index (Phi) is 4.44. The van der Waals surface area contributed by atoms with Crippen molar-refractivity contribution in [3.63, 3.8) is 0 Å². The predicted molar refractivity (Wildman–Crippen MR) is 101 cm³/mol. The average Bonchev–Trinajstić information content (AvgIpc) is 3.23. The highest BCUT2D eigenvalue weighted by molar-refractivity contribution is 6.15. The van der Waals surface area contributed by atoms with Gasteiger partial charge in [0.2, 0.25) is 12.7 Å². The minimum Gasteiger partial charge on any atom is -0.454 e. The van der Waals surface area contributed by atoms with E-state index in [1.807, 2.05) is 19.1 Å². The number of urea groups is 1. The van der Waals surface area contributed by atoms with Crippen LogP contribution in [0.15, 0.2) is 48.2 Å². The van der Waals surface area contributed by atoms with Gasteiger partial charge in [0.15, 0.2) is 11.5 Å². The molecule has 0 spiro atoms. The van der Waals surface area contributed by atoms with Crippen molar-refractivity contribution in [3.8, 4) is 11.5 Å². The minimum absolute atomic E-state index is 0.0898. The molecule has 0 radical (unpaired) electrons. The van der Waals surface area contributed by atoms with Crippen LogP contribution in [0, 0.1) is 6.92 Å². The quantitative estimate of drug-likeness (QED) is 0.627. The normalized spacial score (nSPS) is 16.5. The number of aryl methyl sites for hydroxylation is 1. The van der Waals surface area contributed by atoms with Crippen molar-refractivity contribution in [1.29, 1.82) is 0 Å². The Morgan fingerprint density at radius 3 is 2.68 bits per heavy atom. The summed E-state index contributed by atoms with van der Waals surface area (Å²) < 4.78 is 10.5. The van der Waals surface area contributed by atoms with Gasteiger partial charge in [0.1, 0.15) is 12.2 Å². The maximum Gasteiger partial charge on any atom is 0.329 e. The van der Waals surface area contributed by atoms with Gasteiger partial charge in [-0.25, -0.2) is 9.69 Å². The van der Waals surface area contributed by atoms with Crippen molar-refractivity contribution in [2.75, 3.05) is 18.7 Å². The van der Waals surface area contributed by atoms with E-state index in [1.54, 1.807) is 30.3 Å². The minimum atomic E-state index is -0.643. The summed E-state index contributed by atoms with van der Waals surface area (Å²) in [6.07, 6.45) is 1.53. The number of nitrogens with one attached hydrogen (secondary N) is 2. The molecule has 4 rings (SSSR count). The first-order chi connectivity index (χ1) is 13.5. The molecule has 2 N–H and O–H groups in total. The predicted octanol–water partition coefficient (Wildman–Crippen LogP) is 2.26. The van der Waals surface area contributed by atoms with Crippen LogP contribution in [0.25, 0.3) is 6.08 Å². The molecule has 2 heterocycles. The fourth-order valence-electron chi connectivity index (χ4n) is 2.87. The Hall–Kier alpha value is -3.81. The first-order valence-corrected chi connectivity index (χ1v) is 8.60. The molecule has 2 aromatic carbocycles. The monoisotopic (exact) mass is 379 g/mol. The van der Waals surface area contributed by atoms with E-state index in [0.29, 0.717) is 22.7 Å². The van der Waals surface area contributed by atoms with Crippen LogP contribution < -0.4 is 20.1 Å². The van der Waals surface area contributed by atoms with E-state index in [2.05, 4.69) is 10.6 Å². The summed E-state index contributed by atoms with van der Waals surface area (Å²) >= 11 is 0. The third-order valence-corrected chi connectivity index (χ3v) is 4.31. The second kappa shape index (κ2) is 7.07. The zero-order valence-electron chi connectivity index (χ0n) is 15.0. The van der Waals surface area contributed by atoms with E-state index in [-0.39, 0.29) is 19.0 Å². The van der Waals surface area contributed by atoms with Crippen molar-refractivity contribution >= 4 is 29.6 Å². The number of hydrogen-bond acceptors (Lipinski definition) is 5. The molecule has 1 fully saturated rings. The van der Waals surface area contributed by atoms with Crippen LogP contribution in [-0.2, 0) is 9.59 Å². The van der Waals surface area contributed by atoms with Gasteiger partial charge in [-0.3, -0.25) is 9.59 Å². The number of imide groups is 1. The molecule has 4 amide bonds. The zero-order valence-corrected chi connectivity index (χ0v) is 15.0. The topological polar surface area (TPSA) is 97.0 Å². The molecule has 0 bridgehead atoms. The van der Waals surface area contributed by atoms with E-state index in [4.69, 9.17) is 9.47 Å². The molecular formula is C20H17N3O5. The van der Waals surface area contributed by atoms with Gasteiger partial charge in [-0.15, -0.1) is 0 Å². The van der Waals surface area contributed by atoms with Crippen LogP contribution in [0.3, 0.4) is 0 Å². The molecule has 0 aliphatic carbocycles. The third kappa shape index (κ3) is 3.52. The summed E-state index contributed by atoms with van der Waals surface area (Å²) in [6.45, 7) is 1.71. The van der Waals surface area contributed by atoms with Gasteiger partial charge in [-0.05, 0) is 42.8 Å². The summed E-state index contributed by atoms with van der Waals surface area (Å²) in [5.74, 6) is 0.164. The van der Waals surface area contributed by atoms with E-state index in [0.717, 1.165) is 10.5 Å². The number of benzene rings is 2. The lowest BCUT2D eigenvalue weighted by Crippen LogP contribution is -2.38. The molecule has 142 valence electrons. The lowest BCUT2D eigenvalue weighted by molar-refractivity contribution is -0.127. The fourth-order valence-corrected chi connectivity index (χ4v) is 2.87. The van der Waals surface area contributed by atoms with Crippen molar-refractivity contribution < 1.29 is 23.9 Å². The standard InChI is InChI=1S/C20H17N3O5/c1-12-2-5-14(6-3-12)21-18(24)10-23-19(25)15(22-20(23)26)8-13-4-7-16-17(9-13)28-11-27-16/h2-9H,10-11H2,1H3,(H,21,24)(H,22,26)/b15-8+. The third-order valence-electron chi connectivity index (χ3n) is 4.31. The lowest BCUT2D eigenvalue weighted by Gasteiger charge is -2.12. The van der Waals surface area contributed by atoms with Crippen LogP contribution in [-0.4, -0.2) is 36.1 Å². The maximum absolute atomic E-state index is 12.5. The number of hydrogen-bond donors (Lipinski definition) is 2. The lowest BCUT2D eigenvalue weighted by atomic mass is 10.1. The number of anilines is 1. The average molecular weight is 379 g/mol. The molecule has 28 heavy (non-hydrogen) atoms. The first-order valence-electron chi connectivity index (χ1n) is 8.60. The Morgan fingerprint density at radius 2 is 1.89 bits per heavy atom. The van der Waals surface area contributed by atoms with E-state index < -0.39 is 17.8 Å². The van der Waals surface area contributed by atoms with E-state index in [9.17, 15) is 14.4 Å². The summed E-state index contributed by atoms with van der Waals surface area (Å²) in [4.78, 5) is 37.7. The van der Waals surface area contributed by atoms with Gasteiger partial charge in [0, 0.05) is 5.69 Å². The van der Waals surface area contributed by atoms with Crippen molar-refractivity contribution in [2.24, 2.45) is 0 Å². The summed E-state index contributed by atoms with van der Waals surface area (Å²) in [6, 6.07) is 11.8. The van der Waals surface area contributed by atoms with Gasteiger partial charge in [0.05, 0.1) is 0 Å². The Bertz CT molecular complexity index is 997. The number of amides is 4. The Labute approximate surface area is 160 Å². The SMILES string of the molecule is Cc1ccc(NC(=O)CN2C(=O)N/C(=C/c3ccc4c(c3)OCO4)C2=O)cc1. The van der Waals surface area contributed by atoms with Gasteiger partial charge in [-0.2, -0.15) is 0 Å². The van der Waals surface area contributed by atoms with Crippen LogP contribution in [0.4, 0.5) is 10.5 Å². The molecule has 0 unspecified atom stereocenters. The molecule has 2 aliphatic heterocycles. The molecule has 0 aromatic heterocycles. The van der Waals surface area contributed by atoms with Gasteiger partial charge < -0.3 is 20.1 Å². The molecule has 0 saturated carbocycles. The molecular weight excluding hydrogens is 362 g/mol. The highest BCUT2D eigenvalue weighted by atomic mass is 16.7.